The van der Waals surface area contributed by atoms with Gasteiger partial charge in [-0.25, -0.2) is 4.39 Å². The van der Waals surface area contributed by atoms with Gasteiger partial charge in [-0.3, -0.25) is 4.98 Å². The van der Waals surface area contributed by atoms with Gasteiger partial charge in [0.15, 0.2) is 0 Å². The lowest BCUT2D eigenvalue weighted by Crippen LogP contribution is -2.33. The van der Waals surface area contributed by atoms with Crippen LogP contribution in [0.15, 0.2) is 42.7 Å². The highest BCUT2D eigenvalue weighted by Crippen LogP contribution is 2.36. The molecular weight excluding hydrogens is 241 g/mol. The number of hydrogen-bond donors (Lipinski definition) is 2. The van der Waals surface area contributed by atoms with E-state index in [4.69, 9.17) is 11.5 Å². The minimum atomic E-state index is -0.370. The molecule has 4 N–H and O–H groups in total. The van der Waals surface area contributed by atoms with E-state index < -0.39 is 0 Å². The van der Waals surface area contributed by atoms with Crippen LogP contribution in [-0.4, -0.2) is 4.98 Å². The molecule has 19 heavy (non-hydrogen) atoms. The van der Waals surface area contributed by atoms with Crippen LogP contribution in [-0.2, 0) is 5.41 Å². The van der Waals surface area contributed by atoms with Gasteiger partial charge in [0.2, 0.25) is 0 Å². The van der Waals surface area contributed by atoms with E-state index in [-0.39, 0.29) is 17.3 Å². The topological polar surface area (TPSA) is 64.9 Å². The minimum absolute atomic E-state index is 0.256. The Hall–Kier alpha value is -1.94. The van der Waals surface area contributed by atoms with Crippen molar-refractivity contribution >= 4 is 5.69 Å². The summed E-state index contributed by atoms with van der Waals surface area (Å²) >= 11 is 0. The second-order valence-electron chi connectivity index (χ2n) is 5.21. The van der Waals surface area contributed by atoms with Crippen molar-refractivity contribution < 1.29 is 4.39 Å². The van der Waals surface area contributed by atoms with Crippen molar-refractivity contribution in [1.29, 1.82) is 0 Å². The summed E-state index contributed by atoms with van der Waals surface area (Å²) in [5.74, 6) is -0.256. The summed E-state index contributed by atoms with van der Waals surface area (Å²) < 4.78 is 13.0. The number of rotatable bonds is 3. The predicted octanol–water partition coefficient (Wildman–Crippen LogP) is 2.78. The number of pyridine rings is 1. The fourth-order valence-electron chi connectivity index (χ4n) is 2.13. The van der Waals surface area contributed by atoms with Gasteiger partial charge in [0, 0.05) is 35.1 Å². The zero-order chi connectivity index (χ0) is 14.0. The lowest BCUT2D eigenvalue weighted by atomic mass is 9.75. The van der Waals surface area contributed by atoms with Crippen molar-refractivity contribution in [1.82, 2.24) is 4.98 Å². The van der Waals surface area contributed by atoms with E-state index >= 15 is 0 Å². The van der Waals surface area contributed by atoms with Crippen molar-refractivity contribution in [2.45, 2.75) is 25.3 Å². The summed E-state index contributed by atoms with van der Waals surface area (Å²) in [6.07, 6.45) is 3.32. The van der Waals surface area contributed by atoms with Gasteiger partial charge in [-0.2, -0.15) is 0 Å². The quantitative estimate of drug-likeness (QED) is 0.890. The Kier molecular flexibility index (Phi) is 3.53. The number of benzene rings is 1. The van der Waals surface area contributed by atoms with E-state index in [9.17, 15) is 4.39 Å². The van der Waals surface area contributed by atoms with Gasteiger partial charge in [0.1, 0.15) is 5.82 Å². The summed E-state index contributed by atoms with van der Waals surface area (Å²) in [5.41, 5.74) is 14.3. The third-order valence-corrected chi connectivity index (χ3v) is 3.59. The SMILES string of the molecule is CC(C)(c1ccc(F)cc1)C(N)c1cnccc1N. The van der Waals surface area contributed by atoms with Gasteiger partial charge in [-0.15, -0.1) is 0 Å². The zero-order valence-corrected chi connectivity index (χ0v) is 11.1. The number of anilines is 1. The van der Waals surface area contributed by atoms with E-state index in [2.05, 4.69) is 4.98 Å². The molecule has 1 atom stereocenters. The lowest BCUT2D eigenvalue weighted by molar-refractivity contribution is 0.420. The molecule has 0 bridgehead atoms. The molecule has 0 saturated carbocycles. The van der Waals surface area contributed by atoms with Crippen LogP contribution in [0.3, 0.4) is 0 Å². The monoisotopic (exact) mass is 259 g/mol. The van der Waals surface area contributed by atoms with Crippen molar-refractivity contribution in [2.75, 3.05) is 5.73 Å². The summed E-state index contributed by atoms with van der Waals surface area (Å²) in [4.78, 5) is 4.07. The zero-order valence-electron chi connectivity index (χ0n) is 11.1. The molecule has 0 spiro atoms. The molecule has 0 radical (unpaired) electrons. The van der Waals surface area contributed by atoms with Crippen LogP contribution in [0.4, 0.5) is 10.1 Å². The highest BCUT2D eigenvalue weighted by atomic mass is 19.1. The number of nitrogens with two attached hydrogens (primary N) is 2. The summed E-state index contributed by atoms with van der Waals surface area (Å²) in [7, 11) is 0. The van der Waals surface area contributed by atoms with Crippen molar-refractivity contribution in [3.05, 3.63) is 59.7 Å². The molecule has 1 aromatic heterocycles. The molecule has 0 aliphatic heterocycles. The van der Waals surface area contributed by atoms with E-state index in [1.165, 1.54) is 12.1 Å². The van der Waals surface area contributed by atoms with E-state index in [0.29, 0.717) is 5.69 Å². The number of halogens is 1. The molecule has 1 unspecified atom stereocenters. The van der Waals surface area contributed by atoms with Gasteiger partial charge >= 0.3 is 0 Å². The molecule has 100 valence electrons. The Morgan fingerprint density at radius 3 is 2.37 bits per heavy atom. The second kappa shape index (κ2) is 4.97. The van der Waals surface area contributed by atoms with Gasteiger partial charge in [-0.1, -0.05) is 26.0 Å². The van der Waals surface area contributed by atoms with Crippen LogP contribution < -0.4 is 11.5 Å². The van der Waals surface area contributed by atoms with Gasteiger partial charge < -0.3 is 11.5 Å². The van der Waals surface area contributed by atoms with Crippen LogP contribution in [0, 0.1) is 5.82 Å². The highest BCUT2D eigenvalue weighted by molar-refractivity contribution is 5.48. The molecular formula is C15H18FN3. The number of nitrogens with zero attached hydrogens (tertiary/aromatic N) is 1. The number of nitrogen functional groups attached to an aromatic ring is 1. The van der Waals surface area contributed by atoms with Crippen molar-refractivity contribution in [3.63, 3.8) is 0 Å². The number of aromatic nitrogens is 1. The third kappa shape index (κ3) is 2.58. The maximum Gasteiger partial charge on any atom is 0.123 e. The third-order valence-electron chi connectivity index (χ3n) is 3.59. The standard InChI is InChI=1S/C15H18FN3/c1-15(2,10-3-5-11(16)6-4-10)14(18)12-9-19-8-7-13(12)17/h3-9,14H,18H2,1-2H3,(H2,17,19). The molecule has 1 aromatic carbocycles. The van der Waals surface area contributed by atoms with Gasteiger partial charge in [-0.05, 0) is 23.8 Å². The lowest BCUT2D eigenvalue weighted by Gasteiger charge is -2.33. The molecule has 0 fully saturated rings. The predicted molar refractivity (Wildman–Crippen MR) is 75.0 cm³/mol. The fourth-order valence-corrected chi connectivity index (χ4v) is 2.13. The molecule has 1 heterocycles. The summed E-state index contributed by atoms with van der Waals surface area (Å²) in [6.45, 7) is 4.02. The van der Waals surface area contributed by atoms with E-state index in [0.717, 1.165) is 11.1 Å². The second-order valence-corrected chi connectivity index (χ2v) is 5.21. The average Bonchev–Trinajstić information content (AvgIpc) is 2.39. The Bertz CT molecular complexity index is 564. The van der Waals surface area contributed by atoms with Crippen LogP contribution in [0.2, 0.25) is 0 Å². The van der Waals surface area contributed by atoms with Gasteiger partial charge in [0.25, 0.3) is 0 Å². The largest absolute Gasteiger partial charge is 0.398 e. The maximum absolute atomic E-state index is 13.0. The first-order chi connectivity index (χ1) is 8.93. The van der Waals surface area contributed by atoms with Crippen molar-refractivity contribution in [3.8, 4) is 0 Å². The Balaban J connectivity index is 2.39. The fraction of sp³-hybridized carbons (Fsp3) is 0.267. The average molecular weight is 259 g/mol. The Morgan fingerprint density at radius 1 is 1.16 bits per heavy atom. The maximum atomic E-state index is 13.0. The van der Waals surface area contributed by atoms with Crippen molar-refractivity contribution in [2.24, 2.45) is 5.73 Å². The highest BCUT2D eigenvalue weighted by Gasteiger charge is 2.31. The minimum Gasteiger partial charge on any atom is -0.398 e. The molecule has 2 rings (SSSR count). The van der Waals surface area contributed by atoms with Crippen LogP contribution in [0.5, 0.6) is 0 Å². The summed E-state index contributed by atoms with van der Waals surface area (Å²) in [5, 5.41) is 0. The molecule has 2 aromatic rings. The molecule has 0 saturated heterocycles. The molecule has 0 amide bonds. The first-order valence-electron chi connectivity index (χ1n) is 6.14. The van der Waals surface area contributed by atoms with E-state index in [1.54, 1.807) is 30.6 Å². The van der Waals surface area contributed by atoms with Crippen LogP contribution in [0.25, 0.3) is 0 Å². The number of hydrogen-bond acceptors (Lipinski definition) is 3. The smallest absolute Gasteiger partial charge is 0.123 e. The Morgan fingerprint density at radius 2 is 1.79 bits per heavy atom. The molecule has 0 aliphatic carbocycles. The van der Waals surface area contributed by atoms with Gasteiger partial charge in [0.05, 0.1) is 0 Å². The molecule has 4 heteroatoms. The first-order valence-corrected chi connectivity index (χ1v) is 6.14. The normalized spacial score (nSPS) is 13.3. The van der Waals surface area contributed by atoms with Crippen LogP contribution in [0.1, 0.15) is 31.0 Å². The molecule has 3 nitrogen and oxygen atoms in total. The summed E-state index contributed by atoms with van der Waals surface area (Å²) in [6, 6.07) is 7.80. The first kappa shape index (κ1) is 13.5. The van der Waals surface area contributed by atoms with Crippen LogP contribution >= 0.6 is 0 Å². The van der Waals surface area contributed by atoms with E-state index in [1.807, 2.05) is 13.8 Å². The molecule has 0 aliphatic rings. The Labute approximate surface area is 112 Å².